The normalized spacial score (nSPS) is 16.7. The van der Waals surface area contributed by atoms with Crippen molar-refractivity contribution in [2.45, 2.75) is 33.2 Å². The summed E-state index contributed by atoms with van der Waals surface area (Å²) in [5.41, 5.74) is 2.46. The lowest BCUT2D eigenvalue weighted by atomic mass is 10.2. The molecule has 1 N–H and O–H groups in total. The number of aryl methyl sites for hydroxylation is 3. The van der Waals surface area contributed by atoms with E-state index in [0.717, 1.165) is 34.2 Å². The zero-order valence-electron chi connectivity index (χ0n) is 15.4. The van der Waals surface area contributed by atoms with Gasteiger partial charge in [0.2, 0.25) is 11.7 Å². The molecule has 1 saturated heterocycles. The third-order valence-electron chi connectivity index (χ3n) is 4.54. The van der Waals surface area contributed by atoms with Crippen LogP contribution in [0.2, 0.25) is 0 Å². The molecule has 9 heteroatoms. The van der Waals surface area contributed by atoms with Gasteiger partial charge in [0.05, 0.1) is 27.0 Å². The maximum Gasteiger partial charge on any atom is 0.289 e. The Kier molecular flexibility index (Phi) is 4.61. The fraction of sp³-hybridized carbons (Fsp3) is 0.389. The van der Waals surface area contributed by atoms with Crippen LogP contribution in [0.25, 0.3) is 10.6 Å². The van der Waals surface area contributed by atoms with Gasteiger partial charge in [0.1, 0.15) is 0 Å². The summed E-state index contributed by atoms with van der Waals surface area (Å²) in [7, 11) is 0. The molecule has 0 saturated carbocycles. The second-order valence-electron chi connectivity index (χ2n) is 6.56. The Morgan fingerprint density at radius 2 is 2.11 bits per heavy atom. The first kappa shape index (κ1) is 17.6. The molecule has 1 atom stereocenters. The van der Waals surface area contributed by atoms with E-state index < -0.39 is 0 Å². The van der Waals surface area contributed by atoms with Gasteiger partial charge >= 0.3 is 0 Å². The van der Waals surface area contributed by atoms with Gasteiger partial charge in [-0.2, -0.15) is 0 Å². The highest BCUT2D eigenvalue weighted by Gasteiger charge is 2.27. The van der Waals surface area contributed by atoms with Gasteiger partial charge in [0.15, 0.2) is 6.39 Å². The van der Waals surface area contributed by atoms with Gasteiger partial charge in [0.25, 0.3) is 5.91 Å². The quantitative estimate of drug-likeness (QED) is 0.738. The summed E-state index contributed by atoms with van der Waals surface area (Å²) in [4.78, 5) is 33.0. The maximum absolute atomic E-state index is 12.3. The first-order chi connectivity index (χ1) is 13.0. The van der Waals surface area contributed by atoms with E-state index in [1.165, 1.54) is 6.39 Å². The number of amides is 1. The van der Waals surface area contributed by atoms with Gasteiger partial charge in [-0.15, -0.1) is 11.3 Å². The van der Waals surface area contributed by atoms with E-state index in [1.54, 1.807) is 24.5 Å². The van der Waals surface area contributed by atoms with E-state index in [9.17, 15) is 4.79 Å². The molecule has 3 aromatic heterocycles. The minimum absolute atomic E-state index is 0.0154. The van der Waals surface area contributed by atoms with Crippen molar-refractivity contribution < 1.29 is 9.21 Å². The van der Waals surface area contributed by atoms with Crippen LogP contribution >= 0.6 is 11.3 Å². The highest BCUT2D eigenvalue weighted by Crippen LogP contribution is 2.29. The Bertz CT molecular complexity index is 982. The number of carbonyl (C=O) groups excluding carboxylic acids is 1. The summed E-state index contributed by atoms with van der Waals surface area (Å²) in [5.74, 6) is 0.704. The number of hydrogen-bond acceptors (Lipinski definition) is 8. The van der Waals surface area contributed by atoms with E-state index in [2.05, 4.69) is 25.2 Å². The third-order valence-corrected chi connectivity index (χ3v) is 5.63. The Labute approximate surface area is 160 Å². The highest BCUT2D eigenvalue weighted by atomic mass is 32.1. The minimum atomic E-state index is -0.234. The molecule has 3 aromatic rings. The molecule has 4 heterocycles. The molecule has 1 aliphatic rings. The molecule has 140 valence electrons. The van der Waals surface area contributed by atoms with Crippen molar-refractivity contribution in [1.29, 1.82) is 0 Å². The van der Waals surface area contributed by atoms with Crippen molar-refractivity contribution in [3.63, 3.8) is 0 Å². The molecule has 27 heavy (non-hydrogen) atoms. The summed E-state index contributed by atoms with van der Waals surface area (Å²) < 4.78 is 5.16. The Balaban J connectivity index is 1.46. The van der Waals surface area contributed by atoms with Crippen LogP contribution in [0, 0.1) is 20.8 Å². The molecule has 0 aromatic carbocycles. The molecular weight excluding hydrogens is 364 g/mol. The summed E-state index contributed by atoms with van der Waals surface area (Å²) in [6.45, 7) is 7.18. The van der Waals surface area contributed by atoms with Crippen LogP contribution in [0.4, 0.5) is 5.95 Å². The van der Waals surface area contributed by atoms with Crippen molar-refractivity contribution in [3.05, 3.63) is 40.8 Å². The Morgan fingerprint density at radius 3 is 2.81 bits per heavy atom. The first-order valence-corrected chi connectivity index (χ1v) is 9.56. The second-order valence-corrected chi connectivity index (χ2v) is 7.76. The predicted octanol–water partition coefficient (Wildman–Crippen LogP) is 2.52. The molecule has 1 aliphatic heterocycles. The van der Waals surface area contributed by atoms with E-state index in [1.807, 2.05) is 19.9 Å². The number of nitrogens with zero attached hydrogens (tertiary/aromatic N) is 5. The number of aromatic nitrogens is 4. The SMILES string of the molecule is Cc1nc(C)c(-c2ccnc(N3CCC(NC(=O)c4ocnc4C)C3)n2)s1. The summed E-state index contributed by atoms with van der Waals surface area (Å²) in [6.07, 6.45) is 3.88. The van der Waals surface area contributed by atoms with E-state index in [0.29, 0.717) is 18.2 Å². The van der Waals surface area contributed by atoms with Crippen LogP contribution in [-0.2, 0) is 0 Å². The van der Waals surface area contributed by atoms with Crippen molar-refractivity contribution in [1.82, 2.24) is 25.3 Å². The largest absolute Gasteiger partial charge is 0.438 e. The van der Waals surface area contributed by atoms with Gasteiger partial charge in [-0.25, -0.2) is 19.9 Å². The topological polar surface area (TPSA) is 97.0 Å². The number of thiazole rings is 1. The maximum atomic E-state index is 12.3. The van der Waals surface area contributed by atoms with Crippen LogP contribution in [0.1, 0.15) is 33.4 Å². The fourth-order valence-electron chi connectivity index (χ4n) is 3.23. The second kappa shape index (κ2) is 7.07. The molecular formula is C18H20N6O2S. The predicted molar refractivity (Wildman–Crippen MR) is 102 cm³/mol. The van der Waals surface area contributed by atoms with Gasteiger partial charge in [-0.05, 0) is 33.3 Å². The number of hydrogen-bond donors (Lipinski definition) is 1. The lowest BCUT2D eigenvalue weighted by molar-refractivity contribution is 0.0911. The number of rotatable bonds is 4. The van der Waals surface area contributed by atoms with E-state index >= 15 is 0 Å². The summed E-state index contributed by atoms with van der Waals surface area (Å²) in [5, 5.41) is 4.03. The Morgan fingerprint density at radius 1 is 1.26 bits per heavy atom. The zero-order valence-corrected chi connectivity index (χ0v) is 16.2. The van der Waals surface area contributed by atoms with Crippen molar-refractivity contribution in [2.24, 2.45) is 0 Å². The van der Waals surface area contributed by atoms with Crippen LogP contribution < -0.4 is 10.2 Å². The monoisotopic (exact) mass is 384 g/mol. The lowest BCUT2D eigenvalue weighted by Crippen LogP contribution is -2.37. The highest BCUT2D eigenvalue weighted by molar-refractivity contribution is 7.15. The smallest absolute Gasteiger partial charge is 0.289 e. The molecule has 1 unspecified atom stereocenters. The first-order valence-electron chi connectivity index (χ1n) is 8.74. The van der Waals surface area contributed by atoms with Crippen molar-refractivity contribution in [2.75, 3.05) is 18.0 Å². The molecule has 0 bridgehead atoms. The van der Waals surface area contributed by atoms with Crippen molar-refractivity contribution in [3.8, 4) is 10.6 Å². The zero-order chi connectivity index (χ0) is 19.0. The number of oxazole rings is 1. The van der Waals surface area contributed by atoms with Crippen molar-refractivity contribution >= 4 is 23.2 Å². The van der Waals surface area contributed by atoms with Crippen LogP contribution in [0.3, 0.4) is 0 Å². The molecule has 8 nitrogen and oxygen atoms in total. The average Bonchev–Trinajstić information content (AvgIpc) is 3.35. The Hall–Kier alpha value is -2.81. The van der Waals surface area contributed by atoms with Crippen LogP contribution in [-0.4, -0.2) is 45.0 Å². The summed E-state index contributed by atoms with van der Waals surface area (Å²) >= 11 is 1.63. The van der Waals surface area contributed by atoms with Gasteiger partial charge in [-0.3, -0.25) is 4.79 Å². The van der Waals surface area contributed by atoms with Gasteiger partial charge < -0.3 is 14.6 Å². The molecule has 0 aliphatic carbocycles. The number of nitrogens with one attached hydrogen (secondary N) is 1. The molecule has 1 amide bonds. The van der Waals surface area contributed by atoms with E-state index in [4.69, 9.17) is 9.40 Å². The van der Waals surface area contributed by atoms with E-state index in [-0.39, 0.29) is 17.7 Å². The standard InChI is InChI=1S/C18H20N6O2S/c1-10-15(26-9-20-10)17(25)22-13-5-7-24(8-13)18-19-6-4-14(23-18)16-11(2)21-12(3)27-16/h4,6,9,13H,5,7-8H2,1-3H3,(H,22,25). The summed E-state index contributed by atoms with van der Waals surface area (Å²) in [6, 6.07) is 1.92. The fourth-order valence-corrected chi connectivity index (χ4v) is 4.12. The molecule has 1 fully saturated rings. The average molecular weight is 384 g/mol. The number of carbonyl (C=O) groups is 1. The van der Waals surface area contributed by atoms with Crippen LogP contribution in [0.5, 0.6) is 0 Å². The number of anilines is 1. The minimum Gasteiger partial charge on any atom is -0.438 e. The molecule has 0 radical (unpaired) electrons. The van der Waals surface area contributed by atoms with Crippen LogP contribution in [0.15, 0.2) is 23.1 Å². The lowest BCUT2D eigenvalue weighted by Gasteiger charge is -2.17. The van der Waals surface area contributed by atoms with Gasteiger partial charge in [-0.1, -0.05) is 0 Å². The van der Waals surface area contributed by atoms with Gasteiger partial charge in [0, 0.05) is 25.3 Å². The molecule has 0 spiro atoms. The third kappa shape index (κ3) is 3.55. The molecule has 4 rings (SSSR count).